The van der Waals surface area contributed by atoms with Gasteiger partial charge in [-0.1, -0.05) is 31.5 Å². The third kappa shape index (κ3) is 3.78. The normalized spacial score (nSPS) is 10.8. The van der Waals surface area contributed by atoms with Crippen LogP contribution in [-0.2, 0) is 6.73 Å². The van der Waals surface area contributed by atoms with Crippen LogP contribution in [-0.4, -0.2) is 15.7 Å². The summed E-state index contributed by atoms with van der Waals surface area (Å²) in [5.41, 5.74) is 4.40. The van der Waals surface area contributed by atoms with Gasteiger partial charge in [-0.2, -0.15) is 5.10 Å². The molecule has 22 heavy (non-hydrogen) atoms. The molecule has 0 aliphatic rings. The van der Waals surface area contributed by atoms with Gasteiger partial charge in [-0.25, -0.2) is 10.5 Å². The van der Waals surface area contributed by atoms with Crippen LogP contribution in [0.25, 0.3) is 0 Å². The number of amides is 1. The molecule has 0 radical (unpaired) electrons. The van der Waals surface area contributed by atoms with Gasteiger partial charge in [0.25, 0.3) is 5.91 Å². The van der Waals surface area contributed by atoms with Crippen molar-refractivity contribution in [2.45, 2.75) is 33.4 Å². The molecule has 6 nitrogen and oxygen atoms in total. The van der Waals surface area contributed by atoms with Crippen LogP contribution >= 0.6 is 11.6 Å². The molecular weight excluding hydrogens is 304 g/mol. The molecular formula is C15H19ClN4O2. The van der Waals surface area contributed by atoms with E-state index in [2.05, 4.69) is 25.0 Å². The molecule has 2 aromatic rings. The highest BCUT2D eigenvalue weighted by molar-refractivity contribution is 6.33. The van der Waals surface area contributed by atoms with E-state index < -0.39 is 5.91 Å². The van der Waals surface area contributed by atoms with Gasteiger partial charge in [0.05, 0.1) is 5.02 Å². The molecule has 0 atom stereocenters. The molecule has 0 bridgehead atoms. The number of carbonyl (C=O) groups is 1. The molecule has 0 saturated carbocycles. The van der Waals surface area contributed by atoms with Gasteiger partial charge in [0.1, 0.15) is 5.75 Å². The van der Waals surface area contributed by atoms with Gasteiger partial charge in [0.15, 0.2) is 12.4 Å². The average Bonchev–Trinajstić information content (AvgIpc) is 2.85. The van der Waals surface area contributed by atoms with Crippen molar-refractivity contribution in [2.24, 2.45) is 5.84 Å². The summed E-state index contributed by atoms with van der Waals surface area (Å²) in [6.07, 6.45) is 1.52. The number of nitrogens with one attached hydrogen (secondary N) is 1. The third-order valence-electron chi connectivity index (χ3n) is 3.17. The summed E-state index contributed by atoms with van der Waals surface area (Å²) < 4.78 is 7.17. The SMILES string of the molecule is Cc1cc(OCn2cc(Cl)c(C(=O)NN)n2)cc(C(C)C)c1. The van der Waals surface area contributed by atoms with Gasteiger partial charge in [0, 0.05) is 6.20 Å². The molecule has 0 spiro atoms. The number of ether oxygens (including phenoxy) is 1. The number of hydrazine groups is 1. The largest absolute Gasteiger partial charge is 0.471 e. The Kier molecular flexibility index (Phi) is 5.05. The number of rotatable bonds is 5. The van der Waals surface area contributed by atoms with Crippen LogP contribution in [0.1, 0.15) is 41.4 Å². The first-order valence-electron chi connectivity index (χ1n) is 6.89. The van der Waals surface area contributed by atoms with Crippen molar-refractivity contribution in [1.82, 2.24) is 15.2 Å². The Morgan fingerprint density at radius 3 is 2.82 bits per heavy atom. The molecule has 2 rings (SSSR count). The van der Waals surface area contributed by atoms with Crippen LogP contribution in [0, 0.1) is 6.92 Å². The lowest BCUT2D eigenvalue weighted by atomic mass is 10.0. The van der Waals surface area contributed by atoms with Gasteiger partial charge in [-0.05, 0) is 36.1 Å². The maximum atomic E-state index is 11.4. The van der Waals surface area contributed by atoms with Gasteiger partial charge in [0.2, 0.25) is 0 Å². The molecule has 1 aromatic carbocycles. The highest BCUT2D eigenvalue weighted by Crippen LogP contribution is 2.23. The molecule has 0 aliphatic heterocycles. The smallest absolute Gasteiger partial charge is 0.287 e. The molecule has 0 fully saturated rings. The third-order valence-corrected chi connectivity index (χ3v) is 3.44. The molecule has 118 valence electrons. The van der Waals surface area contributed by atoms with Gasteiger partial charge in [-0.3, -0.25) is 10.2 Å². The van der Waals surface area contributed by atoms with E-state index in [9.17, 15) is 4.79 Å². The second kappa shape index (κ2) is 6.81. The van der Waals surface area contributed by atoms with Gasteiger partial charge < -0.3 is 4.74 Å². The fraction of sp³-hybridized carbons (Fsp3) is 0.333. The Bertz CT molecular complexity index is 682. The summed E-state index contributed by atoms with van der Waals surface area (Å²) in [5.74, 6) is 5.70. The molecule has 7 heteroatoms. The number of nitrogens with two attached hydrogens (primary N) is 1. The van der Waals surface area contributed by atoms with Crippen molar-refractivity contribution in [1.29, 1.82) is 0 Å². The van der Waals surface area contributed by atoms with Crippen LogP contribution in [0.4, 0.5) is 0 Å². The summed E-state index contributed by atoms with van der Waals surface area (Å²) in [6, 6.07) is 6.08. The number of aromatic nitrogens is 2. The Morgan fingerprint density at radius 2 is 2.18 bits per heavy atom. The topological polar surface area (TPSA) is 82.2 Å². The van der Waals surface area contributed by atoms with Crippen molar-refractivity contribution in [3.63, 3.8) is 0 Å². The van der Waals surface area contributed by atoms with E-state index in [0.717, 1.165) is 11.3 Å². The maximum absolute atomic E-state index is 11.4. The first-order valence-corrected chi connectivity index (χ1v) is 7.26. The number of benzene rings is 1. The predicted molar refractivity (Wildman–Crippen MR) is 84.8 cm³/mol. The minimum atomic E-state index is -0.540. The summed E-state index contributed by atoms with van der Waals surface area (Å²) in [7, 11) is 0. The molecule has 0 saturated heterocycles. The van der Waals surface area contributed by atoms with Crippen molar-refractivity contribution < 1.29 is 9.53 Å². The molecule has 0 unspecified atom stereocenters. The van der Waals surface area contributed by atoms with Gasteiger partial charge in [-0.15, -0.1) is 0 Å². The van der Waals surface area contributed by atoms with Crippen LogP contribution in [0.15, 0.2) is 24.4 Å². The maximum Gasteiger partial charge on any atom is 0.287 e. The highest BCUT2D eigenvalue weighted by Gasteiger charge is 2.14. The molecule has 1 aromatic heterocycles. The average molecular weight is 323 g/mol. The minimum Gasteiger partial charge on any atom is -0.471 e. The number of hydrogen-bond acceptors (Lipinski definition) is 4. The number of hydrogen-bond donors (Lipinski definition) is 2. The van der Waals surface area contributed by atoms with E-state index in [1.54, 1.807) is 0 Å². The van der Waals surface area contributed by atoms with Crippen LogP contribution in [0.2, 0.25) is 5.02 Å². The quantitative estimate of drug-likeness (QED) is 0.503. The number of nitrogens with zero attached hydrogens (tertiary/aromatic N) is 2. The van der Waals surface area contributed by atoms with Gasteiger partial charge >= 0.3 is 0 Å². The Labute approximate surface area is 134 Å². The predicted octanol–water partition coefficient (Wildman–Crippen LogP) is 2.61. The van der Waals surface area contributed by atoms with E-state index in [4.69, 9.17) is 22.2 Å². The monoisotopic (exact) mass is 322 g/mol. The molecule has 1 heterocycles. The Balaban J connectivity index is 2.12. The van der Waals surface area contributed by atoms with Crippen molar-refractivity contribution in [3.8, 4) is 5.75 Å². The van der Waals surface area contributed by atoms with Crippen LogP contribution < -0.4 is 16.0 Å². The zero-order chi connectivity index (χ0) is 16.3. The standard InChI is InChI=1S/C15H19ClN4O2/c1-9(2)11-4-10(3)5-12(6-11)22-8-20-7-13(16)14(19-20)15(21)18-17/h4-7,9H,8,17H2,1-3H3,(H,18,21). The first-order chi connectivity index (χ1) is 10.4. The highest BCUT2D eigenvalue weighted by atomic mass is 35.5. The number of nitrogen functional groups attached to an aromatic ring is 1. The number of carbonyl (C=O) groups excluding carboxylic acids is 1. The van der Waals surface area contributed by atoms with E-state index in [1.807, 2.05) is 24.5 Å². The van der Waals surface area contributed by atoms with Crippen LogP contribution in [0.5, 0.6) is 5.75 Å². The van der Waals surface area contributed by atoms with E-state index in [-0.39, 0.29) is 17.4 Å². The fourth-order valence-electron chi connectivity index (χ4n) is 2.02. The van der Waals surface area contributed by atoms with Crippen LogP contribution in [0.3, 0.4) is 0 Å². The van der Waals surface area contributed by atoms with E-state index in [1.165, 1.54) is 16.4 Å². The molecule has 3 N–H and O–H groups in total. The van der Waals surface area contributed by atoms with Crippen molar-refractivity contribution in [2.75, 3.05) is 0 Å². The zero-order valence-corrected chi connectivity index (χ0v) is 13.5. The van der Waals surface area contributed by atoms with E-state index >= 15 is 0 Å². The zero-order valence-electron chi connectivity index (χ0n) is 12.8. The fourth-order valence-corrected chi connectivity index (χ4v) is 2.26. The summed E-state index contributed by atoms with van der Waals surface area (Å²) >= 11 is 5.94. The first kappa shape index (κ1) is 16.3. The second-order valence-electron chi connectivity index (χ2n) is 5.35. The number of halogens is 1. The molecule has 0 aliphatic carbocycles. The lowest BCUT2D eigenvalue weighted by Crippen LogP contribution is -2.30. The summed E-state index contributed by atoms with van der Waals surface area (Å²) in [4.78, 5) is 11.4. The molecule has 1 amide bonds. The van der Waals surface area contributed by atoms with E-state index in [0.29, 0.717) is 5.92 Å². The lowest BCUT2D eigenvalue weighted by molar-refractivity contribution is 0.0946. The minimum absolute atomic E-state index is 0.0693. The van der Waals surface area contributed by atoms with Crippen molar-refractivity contribution in [3.05, 3.63) is 46.2 Å². The summed E-state index contributed by atoms with van der Waals surface area (Å²) in [5, 5.41) is 4.26. The lowest BCUT2D eigenvalue weighted by Gasteiger charge is -2.11. The van der Waals surface area contributed by atoms with Crippen molar-refractivity contribution >= 4 is 17.5 Å². The summed E-state index contributed by atoms with van der Waals surface area (Å²) in [6.45, 7) is 6.43. The number of aryl methyl sites for hydroxylation is 1. The Morgan fingerprint density at radius 1 is 1.45 bits per heavy atom. The second-order valence-corrected chi connectivity index (χ2v) is 5.75. The Hall–Kier alpha value is -2.05.